The number of benzene rings is 1. The number of ether oxygens (including phenoxy) is 2. The number of nitrogens with one attached hydrogen (secondary N) is 1. The predicted molar refractivity (Wildman–Crippen MR) is 90.0 cm³/mol. The summed E-state index contributed by atoms with van der Waals surface area (Å²) in [6.07, 6.45) is 2.13. The van der Waals surface area contributed by atoms with Crippen LogP contribution in [0, 0.1) is 5.92 Å². The molecule has 22 heavy (non-hydrogen) atoms. The molecule has 0 unspecified atom stereocenters. The van der Waals surface area contributed by atoms with Gasteiger partial charge in [0.15, 0.2) is 5.60 Å². The molecule has 1 N–H and O–H groups in total. The van der Waals surface area contributed by atoms with E-state index in [9.17, 15) is 4.79 Å². The summed E-state index contributed by atoms with van der Waals surface area (Å²) < 4.78 is 12.5. The molecule has 1 fully saturated rings. The number of hydrogen-bond acceptors (Lipinski definition) is 3. The molecular formula is C17H24BrNO3. The van der Waals surface area contributed by atoms with Gasteiger partial charge in [-0.05, 0) is 36.6 Å². The van der Waals surface area contributed by atoms with Crippen LogP contribution in [0.3, 0.4) is 0 Å². The largest absolute Gasteiger partial charge is 0.477 e. The van der Waals surface area contributed by atoms with Crippen LogP contribution in [-0.2, 0) is 9.53 Å². The fourth-order valence-corrected chi connectivity index (χ4v) is 2.70. The van der Waals surface area contributed by atoms with Crippen LogP contribution in [-0.4, -0.2) is 31.3 Å². The third-order valence-electron chi connectivity index (χ3n) is 3.85. The second kappa shape index (κ2) is 7.97. The van der Waals surface area contributed by atoms with Crippen molar-refractivity contribution in [1.82, 2.24) is 5.32 Å². The molecule has 0 atom stereocenters. The average molecular weight is 370 g/mol. The number of hydrogen-bond donors (Lipinski definition) is 1. The molecule has 122 valence electrons. The minimum absolute atomic E-state index is 0.0284. The van der Waals surface area contributed by atoms with E-state index in [1.165, 1.54) is 0 Å². The van der Waals surface area contributed by atoms with Gasteiger partial charge in [0, 0.05) is 23.9 Å². The average Bonchev–Trinajstić information content (AvgIpc) is 2.50. The summed E-state index contributed by atoms with van der Waals surface area (Å²) in [5.74, 6) is 1.25. The minimum atomic E-state index is -0.816. The van der Waals surface area contributed by atoms with E-state index in [1.54, 1.807) is 0 Å². The molecule has 0 spiro atoms. The molecule has 1 amide bonds. The summed E-state index contributed by atoms with van der Waals surface area (Å²) in [7, 11) is 0. The molecule has 1 aliphatic heterocycles. The minimum Gasteiger partial charge on any atom is -0.477 e. The first-order chi connectivity index (χ1) is 10.5. The number of halogens is 1. The monoisotopic (exact) mass is 369 g/mol. The first-order valence-electron chi connectivity index (χ1n) is 7.82. The van der Waals surface area contributed by atoms with Crippen LogP contribution in [0.15, 0.2) is 28.7 Å². The normalized spacial score (nSPS) is 17.3. The number of amides is 1. The lowest BCUT2D eigenvalue weighted by molar-refractivity contribution is -0.145. The molecule has 1 aromatic rings. The first-order valence-corrected chi connectivity index (χ1v) is 8.62. The number of carbonyl (C=O) groups excluding carboxylic acids is 1. The topological polar surface area (TPSA) is 47.6 Å². The zero-order valence-corrected chi connectivity index (χ0v) is 14.8. The predicted octanol–water partition coefficient (Wildman–Crippen LogP) is 3.54. The third kappa shape index (κ3) is 4.71. The van der Waals surface area contributed by atoms with Crippen LogP contribution in [0.4, 0.5) is 0 Å². The van der Waals surface area contributed by atoms with E-state index in [1.807, 2.05) is 24.3 Å². The summed E-state index contributed by atoms with van der Waals surface area (Å²) in [4.78, 5) is 12.7. The smallest absolute Gasteiger partial charge is 0.264 e. The maximum Gasteiger partial charge on any atom is 0.264 e. The molecule has 1 aliphatic rings. The summed E-state index contributed by atoms with van der Waals surface area (Å²) in [5, 5.41) is 3.03. The fourth-order valence-electron chi connectivity index (χ4n) is 2.44. The lowest BCUT2D eigenvalue weighted by atomic mass is 9.92. The summed E-state index contributed by atoms with van der Waals surface area (Å²) in [6.45, 7) is 6.08. The van der Waals surface area contributed by atoms with Gasteiger partial charge in [-0.25, -0.2) is 0 Å². The highest BCUT2D eigenvalue weighted by Gasteiger charge is 2.42. The highest BCUT2D eigenvalue weighted by atomic mass is 79.9. The van der Waals surface area contributed by atoms with Gasteiger partial charge < -0.3 is 14.8 Å². The van der Waals surface area contributed by atoms with Gasteiger partial charge in [0.1, 0.15) is 5.75 Å². The van der Waals surface area contributed by atoms with E-state index in [0.717, 1.165) is 10.9 Å². The van der Waals surface area contributed by atoms with E-state index in [2.05, 4.69) is 35.1 Å². The molecule has 4 nitrogen and oxygen atoms in total. The van der Waals surface area contributed by atoms with Crippen molar-refractivity contribution in [3.05, 3.63) is 28.7 Å². The molecule has 0 saturated carbocycles. The molecule has 1 saturated heterocycles. The Morgan fingerprint density at radius 2 is 1.95 bits per heavy atom. The van der Waals surface area contributed by atoms with E-state index < -0.39 is 5.60 Å². The van der Waals surface area contributed by atoms with Crippen LogP contribution < -0.4 is 10.1 Å². The quantitative estimate of drug-likeness (QED) is 0.833. The maximum absolute atomic E-state index is 12.7. The van der Waals surface area contributed by atoms with Crippen LogP contribution in [0.1, 0.15) is 33.1 Å². The Kier molecular flexibility index (Phi) is 6.26. The van der Waals surface area contributed by atoms with Gasteiger partial charge in [0.25, 0.3) is 5.91 Å². The van der Waals surface area contributed by atoms with E-state index >= 15 is 0 Å². The van der Waals surface area contributed by atoms with Crippen molar-refractivity contribution in [2.45, 2.75) is 38.7 Å². The third-order valence-corrected chi connectivity index (χ3v) is 4.38. The van der Waals surface area contributed by atoms with Crippen LogP contribution in [0.25, 0.3) is 0 Å². The summed E-state index contributed by atoms with van der Waals surface area (Å²) in [6, 6.07) is 7.59. The van der Waals surface area contributed by atoms with Gasteiger partial charge in [-0.3, -0.25) is 4.79 Å². The molecular weight excluding hydrogens is 346 g/mol. The molecule has 2 rings (SSSR count). The van der Waals surface area contributed by atoms with Crippen molar-refractivity contribution in [2.24, 2.45) is 5.92 Å². The van der Waals surface area contributed by atoms with Gasteiger partial charge in [-0.2, -0.15) is 0 Å². The Morgan fingerprint density at radius 1 is 1.32 bits per heavy atom. The van der Waals surface area contributed by atoms with Gasteiger partial charge >= 0.3 is 0 Å². The summed E-state index contributed by atoms with van der Waals surface area (Å²) in [5.41, 5.74) is -0.816. The van der Waals surface area contributed by atoms with Gasteiger partial charge in [0.2, 0.25) is 0 Å². The molecule has 0 aromatic heterocycles. The van der Waals surface area contributed by atoms with Crippen molar-refractivity contribution in [3.63, 3.8) is 0 Å². The highest BCUT2D eigenvalue weighted by molar-refractivity contribution is 9.10. The van der Waals surface area contributed by atoms with E-state index in [4.69, 9.17) is 9.47 Å². The fraction of sp³-hybridized carbons (Fsp3) is 0.588. The van der Waals surface area contributed by atoms with Crippen molar-refractivity contribution >= 4 is 21.8 Å². The Morgan fingerprint density at radius 3 is 2.55 bits per heavy atom. The lowest BCUT2D eigenvalue weighted by Gasteiger charge is -2.36. The van der Waals surface area contributed by atoms with Crippen LogP contribution in [0.2, 0.25) is 0 Å². The van der Waals surface area contributed by atoms with Crippen LogP contribution >= 0.6 is 15.9 Å². The van der Waals surface area contributed by atoms with E-state index in [0.29, 0.717) is 44.3 Å². The SMILES string of the molecule is CC(C)CCNC(=O)C1(Oc2ccc(Br)cc2)CCOCC1. The molecule has 0 radical (unpaired) electrons. The Balaban J connectivity index is 2.06. The second-order valence-electron chi connectivity index (χ2n) is 6.10. The molecule has 0 aliphatic carbocycles. The second-order valence-corrected chi connectivity index (χ2v) is 7.02. The molecule has 5 heteroatoms. The highest BCUT2D eigenvalue weighted by Crippen LogP contribution is 2.29. The van der Waals surface area contributed by atoms with Gasteiger partial charge in [-0.1, -0.05) is 29.8 Å². The van der Waals surface area contributed by atoms with Gasteiger partial charge in [-0.15, -0.1) is 0 Å². The van der Waals surface area contributed by atoms with Crippen molar-refractivity contribution < 1.29 is 14.3 Å². The Hall–Kier alpha value is -1.07. The summed E-state index contributed by atoms with van der Waals surface area (Å²) >= 11 is 3.41. The standard InChI is InChI=1S/C17H24BrNO3/c1-13(2)7-10-19-16(20)17(8-11-21-12-9-17)22-15-5-3-14(18)4-6-15/h3-6,13H,7-12H2,1-2H3,(H,19,20). The zero-order valence-electron chi connectivity index (χ0n) is 13.2. The lowest BCUT2D eigenvalue weighted by Crippen LogP contribution is -2.54. The van der Waals surface area contributed by atoms with E-state index in [-0.39, 0.29) is 5.91 Å². The van der Waals surface area contributed by atoms with Gasteiger partial charge in [0.05, 0.1) is 13.2 Å². The Labute approximate surface area is 140 Å². The van der Waals surface area contributed by atoms with Crippen molar-refractivity contribution in [2.75, 3.05) is 19.8 Å². The molecule has 1 aromatic carbocycles. The first kappa shape index (κ1) is 17.3. The maximum atomic E-state index is 12.7. The molecule has 1 heterocycles. The number of carbonyl (C=O) groups is 1. The Bertz CT molecular complexity index is 481. The zero-order chi connectivity index (χ0) is 16.0. The molecule has 0 bridgehead atoms. The van der Waals surface area contributed by atoms with Crippen LogP contribution in [0.5, 0.6) is 5.75 Å². The number of rotatable bonds is 6. The van der Waals surface area contributed by atoms with Crippen molar-refractivity contribution in [1.29, 1.82) is 0 Å². The van der Waals surface area contributed by atoms with Crippen molar-refractivity contribution in [3.8, 4) is 5.75 Å².